The highest BCUT2D eigenvalue weighted by molar-refractivity contribution is 5.54. The van der Waals surface area contributed by atoms with Crippen LogP contribution in [0.25, 0.3) is 0 Å². The number of rotatable bonds is 13. The van der Waals surface area contributed by atoms with Gasteiger partial charge in [-0.25, -0.2) is 0 Å². The van der Waals surface area contributed by atoms with E-state index in [4.69, 9.17) is 14.2 Å². The topological polar surface area (TPSA) is 27.7 Å². The van der Waals surface area contributed by atoms with E-state index < -0.39 is 0 Å². The van der Waals surface area contributed by atoms with Crippen molar-refractivity contribution in [2.24, 2.45) is 0 Å². The SMILES string of the molecule is C=C(/C=C\C(=C)C(=C)/C(C)=C\C(=C)C(=C)/C=C(/OCCOC)C(=C)C)OC. The Morgan fingerprint density at radius 1 is 0.778 bits per heavy atom. The summed E-state index contributed by atoms with van der Waals surface area (Å²) in [6.45, 7) is 28.7. The Morgan fingerprint density at radius 3 is 1.89 bits per heavy atom. The summed E-state index contributed by atoms with van der Waals surface area (Å²) in [6.07, 6.45) is 7.29. The first-order valence-electron chi connectivity index (χ1n) is 8.49. The molecule has 0 spiro atoms. The largest absolute Gasteiger partial charge is 0.497 e. The fourth-order valence-electron chi connectivity index (χ4n) is 1.83. The van der Waals surface area contributed by atoms with Crippen LogP contribution in [0.15, 0.2) is 109 Å². The van der Waals surface area contributed by atoms with E-state index in [1.165, 1.54) is 0 Å². The zero-order valence-electron chi connectivity index (χ0n) is 17.2. The molecule has 0 saturated heterocycles. The second-order valence-corrected chi connectivity index (χ2v) is 6.02. The lowest BCUT2D eigenvalue weighted by Gasteiger charge is -2.12. The molecule has 3 heteroatoms. The number of hydrogen-bond acceptors (Lipinski definition) is 3. The first-order chi connectivity index (χ1) is 12.6. The molecule has 0 aromatic rings. The minimum absolute atomic E-state index is 0.444. The van der Waals surface area contributed by atoms with Crippen LogP contribution in [0.2, 0.25) is 0 Å². The predicted octanol–water partition coefficient (Wildman–Crippen LogP) is 6.00. The Hall–Kier alpha value is -2.78. The maximum absolute atomic E-state index is 5.67. The Balaban J connectivity index is 5.16. The molecule has 0 aliphatic rings. The highest BCUT2D eigenvalue weighted by atomic mass is 16.5. The van der Waals surface area contributed by atoms with Crippen LogP contribution in [-0.2, 0) is 14.2 Å². The maximum atomic E-state index is 5.67. The van der Waals surface area contributed by atoms with Crippen LogP contribution in [0, 0.1) is 0 Å². The smallest absolute Gasteiger partial charge is 0.122 e. The van der Waals surface area contributed by atoms with Gasteiger partial charge in [-0.2, -0.15) is 0 Å². The second-order valence-electron chi connectivity index (χ2n) is 6.02. The summed E-state index contributed by atoms with van der Waals surface area (Å²) in [4.78, 5) is 0. The molecule has 0 saturated carbocycles. The lowest BCUT2D eigenvalue weighted by atomic mass is 9.97. The monoisotopic (exact) mass is 368 g/mol. The molecule has 0 aromatic heterocycles. The Bertz CT molecular complexity index is 712. The van der Waals surface area contributed by atoms with Crippen LogP contribution in [0.3, 0.4) is 0 Å². The van der Waals surface area contributed by atoms with Crippen molar-refractivity contribution >= 4 is 0 Å². The van der Waals surface area contributed by atoms with E-state index in [1.54, 1.807) is 20.3 Å². The zero-order chi connectivity index (χ0) is 21.0. The van der Waals surface area contributed by atoms with Crippen molar-refractivity contribution < 1.29 is 14.2 Å². The number of hydrogen-bond donors (Lipinski definition) is 0. The van der Waals surface area contributed by atoms with Crippen LogP contribution < -0.4 is 0 Å². The van der Waals surface area contributed by atoms with Crippen LogP contribution in [0.5, 0.6) is 0 Å². The zero-order valence-corrected chi connectivity index (χ0v) is 17.2. The van der Waals surface area contributed by atoms with Crippen molar-refractivity contribution in [3.8, 4) is 0 Å². The molecule has 0 amide bonds. The number of methoxy groups -OCH3 is 2. The lowest BCUT2D eigenvalue weighted by Crippen LogP contribution is -2.03. The standard InChI is InChI=1S/C24H32O3/c1-17(2)24(27-14-13-25-9)16-20(5)19(4)15-21(6)23(8)18(3)11-12-22(7)26-10/h11-12,15-16H,1,3-5,7-8,13-14H2,2,6,9-10H3/b12-11-,21-15-,24-16+. The van der Waals surface area contributed by atoms with Gasteiger partial charge in [-0.1, -0.05) is 51.6 Å². The maximum Gasteiger partial charge on any atom is 0.122 e. The highest BCUT2D eigenvalue weighted by Gasteiger charge is 2.05. The summed E-state index contributed by atoms with van der Waals surface area (Å²) in [6, 6.07) is 0. The average Bonchev–Trinajstić information content (AvgIpc) is 2.63. The van der Waals surface area contributed by atoms with Gasteiger partial charge in [-0.05, 0) is 59.4 Å². The quantitative estimate of drug-likeness (QED) is 0.227. The molecule has 0 unspecified atom stereocenters. The predicted molar refractivity (Wildman–Crippen MR) is 116 cm³/mol. The minimum atomic E-state index is 0.444. The molecule has 3 nitrogen and oxygen atoms in total. The van der Waals surface area contributed by atoms with Crippen LogP contribution in [0.4, 0.5) is 0 Å². The van der Waals surface area contributed by atoms with Crippen molar-refractivity contribution in [3.05, 3.63) is 109 Å². The van der Waals surface area contributed by atoms with Gasteiger partial charge in [0.25, 0.3) is 0 Å². The highest BCUT2D eigenvalue weighted by Crippen LogP contribution is 2.22. The summed E-state index contributed by atoms with van der Waals surface area (Å²) in [5.74, 6) is 1.21. The molecule has 0 radical (unpaired) electrons. The molecule has 0 aliphatic carbocycles. The van der Waals surface area contributed by atoms with Crippen molar-refractivity contribution in [3.63, 3.8) is 0 Å². The van der Waals surface area contributed by atoms with E-state index in [-0.39, 0.29) is 0 Å². The lowest BCUT2D eigenvalue weighted by molar-refractivity contribution is 0.113. The Morgan fingerprint density at radius 2 is 1.37 bits per heavy atom. The van der Waals surface area contributed by atoms with E-state index >= 15 is 0 Å². The normalized spacial score (nSPS) is 11.9. The molecule has 0 N–H and O–H groups in total. The molecular formula is C24H32O3. The number of ether oxygens (including phenoxy) is 3. The Labute approximate surface area is 164 Å². The summed E-state index contributed by atoms with van der Waals surface area (Å²) in [5.41, 5.74) is 4.78. The van der Waals surface area contributed by atoms with E-state index in [9.17, 15) is 0 Å². The van der Waals surface area contributed by atoms with Gasteiger partial charge in [0.2, 0.25) is 0 Å². The molecule has 0 atom stereocenters. The van der Waals surface area contributed by atoms with E-state index in [0.29, 0.717) is 24.7 Å². The molecule has 146 valence electrons. The van der Waals surface area contributed by atoms with Gasteiger partial charge in [-0.15, -0.1) is 0 Å². The van der Waals surface area contributed by atoms with Gasteiger partial charge >= 0.3 is 0 Å². The van der Waals surface area contributed by atoms with E-state index in [1.807, 2.05) is 32.1 Å². The molecule has 0 rings (SSSR count). The molecular weight excluding hydrogens is 336 g/mol. The van der Waals surface area contributed by atoms with Crippen molar-refractivity contribution in [2.45, 2.75) is 13.8 Å². The van der Waals surface area contributed by atoms with Crippen molar-refractivity contribution in [1.29, 1.82) is 0 Å². The fraction of sp³-hybridized carbons (Fsp3) is 0.250. The summed E-state index contributed by atoms with van der Waals surface area (Å²) in [5, 5.41) is 0. The molecule has 0 heterocycles. The van der Waals surface area contributed by atoms with Crippen molar-refractivity contribution in [1.82, 2.24) is 0 Å². The summed E-state index contributed by atoms with van der Waals surface area (Å²) >= 11 is 0. The molecule has 0 aromatic carbocycles. The second kappa shape index (κ2) is 12.6. The van der Waals surface area contributed by atoms with Crippen LogP contribution >= 0.6 is 0 Å². The van der Waals surface area contributed by atoms with E-state index in [2.05, 4.69) is 39.5 Å². The third-order valence-electron chi connectivity index (χ3n) is 3.67. The van der Waals surface area contributed by atoms with Gasteiger partial charge in [-0.3, -0.25) is 0 Å². The van der Waals surface area contributed by atoms with Gasteiger partial charge < -0.3 is 14.2 Å². The van der Waals surface area contributed by atoms with Crippen LogP contribution in [0.1, 0.15) is 13.8 Å². The molecule has 27 heavy (non-hydrogen) atoms. The first-order valence-corrected chi connectivity index (χ1v) is 8.49. The van der Waals surface area contributed by atoms with Crippen LogP contribution in [-0.4, -0.2) is 27.4 Å². The van der Waals surface area contributed by atoms with Gasteiger partial charge in [0, 0.05) is 7.11 Å². The van der Waals surface area contributed by atoms with Gasteiger partial charge in [0.15, 0.2) is 0 Å². The third kappa shape index (κ3) is 9.47. The van der Waals surface area contributed by atoms with Gasteiger partial charge in [0.1, 0.15) is 18.1 Å². The summed E-state index contributed by atoms with van der Waals surface area (Å²) in [7, 11) is 3.19. The average molecular weight is 369 g/mol. The van der Waals surface area contributed by atoms with Gasteiger partial charge in [0.05, 0.1) is 13.7 Å². The van der Waals surface area contributed by atoms with Crippen molar-refractivity contribution in [2.75, 3.05) is 27.4 Å². The first kappa shape index (κ1) is 24.2. The third-order valence-corrected chi connectivity index (χ3v) is 3.67. The molecule has 0 bridgehead atoms. The Kier molecular flexibility index (Phi) is 11.3. The minimum Gasteiger partial charge on any atom is -0.497 e. The fourth-order valence-corrected chi connectivity index (χ4v) is 1.83. The summed E-state index contributed by atoms with van der Waals surface area (Å²) < 4.78 is 15.7. The molecule has 0 aliphatic heterocycles. The van der Waals surface area contributed by atoms with E-state index in [0.717, 1.165) is 33.4 Å². The number of allylic oxidation sites excluding steroid dienone is 10. The molecule has 0 fully saturated rings.